The first-order valence-electron chi connectivity index (χ1n) is 4.85. The van der Waals surface area contributed by atoms with Gasteiger partial charge in [-0.1, -0.05) is 0 Å². The number of hydrogen-bond donors (Lipinski definition) is 2. The molecule has 0 aliphatic heterocycles. The van der Waals surface area contributed by atoms with Gasteiger partial charge in [-0.2, -0.15) is 0 Å². The van der Waals surface area contributed by atoms with Crippen LogP contribution in [0.5, 0.6) is 5.75 Å². The molecule has 0 aliphatic carbocycles. The molecule has 17 heavy (non-hydrogen) atoms. The highest BCUT2D eigenvalue weighted by molar-refractivity contribution is 6.22. The Kier molecular flexibility index (Phi) is 4.60. The average molecular weight is 280 g/mol. The van der Waals surface area contributed by atoms with Gasteiger partial charge in [-0.3, -0.25) is 4.79 Å². The van der Waals surface area contributed by atoms with Crippen molar-refractivity contribution in [3.63, 3.8) is 0 Å². The van der Waals surface area contributed by atoms with Gasteiger partial charge in [-0.25, -0.2) is 4.39 Å². The van der Waals surface area contributed by atoms with E-state index < -0.39 is 17.3 Å². The predicted molar refractivity (Wildman–Crippen MR) is 65.4 cm³/mol. The molecule has 0 saturated heterocycles. The van der Waals surface area contributed by atoms with Crippen LogP contribution in [0.1, 0.15) is 17.3 Å². The molecule has 3 nitrogen and oxygen atoms in total. The van der Waals surface area contributed by atoms with Crippen molar-refractivity contribution in [3.8, 4) is 5.75 Å². The highest BCUT2D eigenvalue weighted by atomic mass is 35.5. The van der Waals surface area contributed by atoms with Crippen LogP contribution >= 0.6 is 23.2 Å². The van der Waals surface area contributed by atoms with Gasteiger partial charge in [0.15, 0.2) is 0 Å². The van der Waals surface area contributed by atoms with Gasteiger partial charge in [0.05, 0.1) is 11.1 Å². The van der Waals surface area contributed by atoms with Crippen LogP contribution in [0.15, 0.2) is 18.2 Å². The van der Waals surface area contributed by atoms with Gasteiger partial charge < -0.3 is 10.4 Å². The van der Waals surface area contributed by atoms with Crippen LogP contribution in [0.25, 0.3) is 0 Å². The molecule has 0 spiro atoms. The Bertz CT molecular complexity index is 422. The van der Waals surface area contributed by atoms with Gasteiger partial charge in [0.1, 0.15) is 11.6 Å². The first-order valence-corrected chi connectivity index (χ1v) is 5.92. The van der Waals surface area contributed by atoms with E-state index in [2.05, 4.69) is 5.32 Å². The van der Waals surface area contributed by atoms with Gasteiger partial charge in [0, 0.05) is 17.8 Å². The Morgan fingerprint density at radius 3 is 2.53 bits per heavy atom. The molecular formula is C11H12Cl2FNO2. The minimum atomic E-state index is -0.801. The van der Waals surface area contributed by atoms with Crippen molar-refractivity contribution in [2.24, 2.45) is 0 Å². The predicted octanol–water partition coefficient (Wildman–Crippen LogP) is 2.50. The molecule has 1 rings (SSSR count). The Hall–Kier alpha value is -1.00. The van der Waals surface area contributed by atoms with Crippen LogP contribution in [-0.2, 0) is 0 Å². The number of carbonyl (C=O) groups is 1. The van der Waals surface area contributed by atoms with Crippen LogP contribution in [0.2, 0.25) is 0 Å². The van der Waals surface area contributed by atoms with E-state index in [1.165, 1.54) is 12.1 Å². The SMILES string of the molecule is CC(CCl)(CCl)NC(=O)c1ccc(O)cc1F. The second-order valence-corrected chi connectivity index (χ2v) is 4.48. The molecule has 2 N–H and O–H groups in total. The van der Waals surface area contributed by atoms with E-state index in [0.29, 0.717) is 0 Å². The lowest BCUT2D eigenvalue weighted by Gasteiger charge is -2.25. The fourth-order valence-electron chi connectivity index (χ4n) is 1.13. The van der Waals surface area contributed by atoms with Crippen LogP contribution in [0.3, 0.4) is 0 Å². The zero-order valence-electron chi connectivity index (χ0n) is 9.14. The maximum Gasteiger partial charge on any atom is 0.254 e. The number of nitrogens with one attached hydrogen (secondary N) is 1. The lowest BCUT2D eigenvalue weighted by molar-refractivity contribution is 0.0917. The topological polar surface area (TPSA) is 49.3 Å². The summed E-state index contributed by atoms with van der Waals surface area (Å²) < 4.78 is 13.4. The number of rotatable bonds is 4. The number of alkyl halides is 2. The summed E-state index contributed by atoms with van der Waals surface area (Å²) in [5.41, 5.74) is -0.964. The van der Waals surface area contributed by atoms with E-state index in [-0.39, 0.29) is 23.1 Å². The summed E-state index contributed by atoms with van der Waals surface area (Å²) in [6.45, 7) is 1.66. The van der Waals surface area contributed by atoms with Crippen LogP contribution < -0.4 is 5.32 Å². The molecule has 0 atom stereocenters. The third-order valence-corrected chi connectivity index (χ3v) is 3.38. The van der Waals surface area contributed by atoms with E-state index in [1.807, 2.05) is 0 Å². The quantitative estimate of drug-likeness (QED) is 0.832. The normalized spacial score (nSPS) is 11.3. The summed E-state index contributed by atoms with van der Waals surface area (Å²) in [4.78, 5) is 11.8. The summed E-state index contributed by atoms with van der Waals surface area (Å²) in [6.07, 6.45) is 0. The molecule has 1 aromatic carbocycles. The molecule has 6 heteroatoms. The molecular weight excluding hydrogens is 268 g/mol. The van der Waals surface area contributed by atoms with E-state index in [1.54, 1.807) is 6.92 Å². The molecule has 0 fully saturated rings. The number of phenols is 1. The maximum atomic E-state index is 13.4. The van der Waals surface area contributed by atoms with Crippen molar-refractivity contribution in [1.82, 2.24) is 5.32 Å². The van der Waals surface area contributed by atoms with Crippen LogP contribution in [0.4, 0.5) is 4.39 Å². The highest BCUT2D eigenvalue weighted by Gasteiger charge is 2.26. The van der Waals surface area contributed by atoms with Gasteiger partial charge >= 0.3 is 0 Å². The Labute approximate surface area is 109 Å². The van der Waals surface area contributed by atoms with Crippen molar-refractivity contribution in [3.05, 3.63) is 29.6 Å². The van der Waals surface area contributed by atoms with Gasteiger partial charge in [-0.15, -0.1) is 23.2 Å². The number of carbonyl (C=O) groups excluding carboxylic acids is 1. The van der Waals surface area contributed by atoms with Crippen LogP contribution in [0, 0.1) is 5.82 Å². The third-order valence-electron chi connectivity index (χ3n) is 2.20. The number of amides is 1. The van der Waals surface area contributed by atoms with Gasteiger partial charge in [0.25, 0.3) is 5.91 Å². The molecule has 0 saturated carbocycles. The fourth-order valence-corrected chi connectivity index (χ4v) is 1.55. The summed E-state index contributed by atoms with van der Waals surface area (Å²) >= 11 is 11.3. The minimum Gasteiger partial charge on any atom is -0.508 e. The van der Waals surface area contributed by atoms with Gasteiger partial charge in [0.2, 0.25) is 0 Å². The summed E-state index contributed by atoms with van der Waals surface area (Å²) in [7, 11) is 0. The first-order chi connectivity index (χ1) is 7.91. The molecule has 0 bridgehead atoms. The molecule has 1 aromatic rings. The van der Waals surface area contributed by atoms with Gasteiger partial charge in [-0.05, 0) is 19.1 Å². The fraction of sp³-hybridized carbons (Fsp3) is 0.364. The number of aromatic hydroxyl groups is 1. The molecule has 0 radical (unpaired) electrons. The Morgan fingerprint density at radius 2 is 2.06 bits per heavy atom. The maximum absolute atomic E-state index is 13.4. The van der Waals surface area contributed by atoms with Crippen molar-refractivity contribution >= 4 is 29.1 Å². The highest BCUT2D eigenvalue weighted by Crippen LogP contribution is 2.17. The molecule has 1 amide bonds. The monoisotopic (exact) mass is 279 g/mol. The zero-order valence-corrected chi connectivity index (χ0v) is 10.6. The number of hydrogen-bond acceptors (Lipinski definition) is 2. The standard InChI is InChI=1S/C11H12Cl2FNO2/c1-11(5-12,6-13)15-10(17)8-3-2-7(16)4-9(8)14/h2-4,16H,5-6H2,1H3,(H,15,17). The van der Waals surface area contributed by atoms with E-state index >= 15 is 0 Å². The third kappa shape index (κ3) is 3.48. The lowest BCUT2D eigenvalue weighted by atomic mass is 10.1. The summed E-state index contributed by atoms with van der Waals surface area (Å²) in [5, 5.41) is 11.6. The first kappa shape index (κ1) is 14.1. The number of halogens is 3. The van der Waals surface area contributed by atoms with Crippen molar-refractivity contribution in [2.45, 2.75) is 12.5 Å². The van der Waals surface area contributed by atoms with E-state index in [0.717, 1.165) is 6.07 Å². The lowest BCUT2D eigenvalue weighted by Crippen LogP contribution is -2.49. The Morgan fingerprint density at radius 1 is 1.47 bits per heavy atom. The molecule has 0 heterocycles. The van der Waals surface area contributed by atoms with E-state index in [4.69, 9.17) is 28.3 Å². The summed E-state index contributed by atoms with van der Waals surface area (Å²) in [5.74, 6) is -1.43. The smallest absolute Gasteiger partial charge is 0.254 e. The molecule has 0 unspecified atom stereocenters. The Balaban J connectivity index is 2.90. The minimum absolute atomic E-state index is 0.113. The largest absolute Gasteiger partial charge is 0.508 e. The van der Waals surface area contributed by atoms with E-state index in [9.17, 15) is 9.18 Å². The molecule has 94 valence electrons. The zero-order chi connectivity index (χ0) is 13.1. The van der Waals surface area contributed by atoms with Crippen molar-refractivity contribution in [2.75, 3.05) is 11.8 Å². The second kappa shape index (κ2) is 5.56. The molecule has 0 aliphatic rings. The van der Waals surface area contributed by atoms with Crippen molar-refractivity contribution < 1.29 is 14.3 Å². The average Bonchev–Trinajstić information content (AvgIpc) is 2.28. The molecule has 0 aromatic heterocycles. The number of phenolic OH excluding ortho intramolecular Hbond substituents is 1. The summed E-state index contributed by atoms with van der Waals surface area (Å²) in [6, 6.07) is 3.30. The van der Waals surface area contributed by atoms with Crippen molar-refractivity contribution in [1.29, 1.82) is 0 Å². The van der Waals surface area contributed by atoms with Crippen LogP contribution in [-0.4, -0.2) is 28.3 Å². The number of benzene rings is 1. The second-order valence-electron chi connectivity index (χ2n) is 3.95.